The Balaban J connectivity index is 2.06. The van der Waals surface area contributed by atoms with E-state index in [0.29, 0.717) is 16.8 Å². The van der Waals surface area contributed by atoms with Gasteiger partial charge >= 0.3 is 0 Å². The zero-order valence-electron chi connectivity index (χ0n) is 14.5. The normalized spacial score (nSPS) is 16.7. The minimum Gasteiger partial charge on any atom is -0.353 e. The van der Waals surface area contributed by atoms with Crippen LogP contribution in [0.4, 0.5) is 5.69 Å². The van der Waals surface area contributed by atoms with Crippen molar-refractivity contribution >= 4 is 23.4 Å². The highest BCUT2D eigenvalue weighted by Crippen LogP contribution is 2.40. The van der Waals surface area contributed by atoms with Crippen LogP contribution >= 0.6 is 11.8 Å². The SMILES string of the molecule is CSC1=C(C#N)C(c2cccnc2)C(C(=O)Nc2ccccc2)=C(C)N1. The standard InChI is InChI=1S/C20H18N4OS/c1-13-17(19(25)24-15-8-4-3-5-9-15)18(14-7-6-10-22-12-14)16(11-21)20(23-13)26-2/h3-10,12,18,23H,1-2H3,(H,24,25). The molecule has 26 heavy (non-hydrogen) atoms. The van der Waals surface area contributed by atoms with Crippen LogP contribution in [0.1, 0.15) is 18.4 Å². The molecule has 0 spiro atoms. The van der Waals surface area contributed by atoms with Crippen molar-refractivity contribution in [1.29, 1.82) is 5.26 Å². The Morgan fingerprint density at radius 1 is 1.27 bits per heavy atom. The summed E-state index contributed by atoms with van der Waals surface area (Å²) < 4.78 is 0. The van der Waals surface area contributed by atoms with Gasteiger partial charge in [0.05, 0.1) is 22.6 Å². The first-order valence-corrected chi connectivity index (χ1v) is 9.30. The van der Waals surface area contributed by atoms with Crippen molar-refractivity contribution in [3.05, 3.63) is 82.3 Å². The van der Waals surface area contributed by atoms with E-state index in [4.69, 9.17) is 0 Å². The molecule has 1 aromatic carbocycles. The third-order valence-corrected chi connectivity index (χ3v) is 4.88. The van der Waals surface area contributed by atoms with Gasteiger partial charge in [0, 0.05) is 29.4 Å². The molecule has 0 radical (unpaired) electrons. The van der Waals surface area contributed by atoms with Crippen LogP contribution < -0.4 is 10.6 Å². The van der Waals surface area contributed by atoms with Crippen molar-refractivity contribution in [2.45, 2.75) is 12.8 Å². The van der Waals surface area contributed by atoms with Gasteiger partial charge < -0.3 is 10.6 Å². The monoisotopic (exact) mass is 362 g/mol. The highest BCUT2D eigenvalue weighted by atomic mass is 32.2. The summed E-state index contributed by atoms with van der Waals surface area (Å²) in [6, 6.07) is 15.3. The van der Waals surface area contributed by atoms with Gasteiger partial charge in [-0.25, -0.2) is 0 Å². The number of amides is 1. The van der Waals surface area contributed by atoms with Crippen LogP contribution in [0.15, 0.2) is 76.7 Å². The number of allylic oxidation sites excluding steroid dienone is 2. The fraction of sp³-hybridized carbons (Fsp3) is 0.150. The van der Waals surface area contributed by atoms with Gasteiger partial charge in [-0.1, -0.05) is 24.3 Å². The summed E-state index contributed by atoms with van der Waals surface area (Å²) in [5.41, 5.74) is 3.30. The van der Waals surface area contributed by atoms with Gasteiger partial charge in [-0.15, -0.1) is 11.8 Å². The van der Waals surface area contributed by atoms with Gasteiger partial charge in [-0.3, -0.25) is 9.78 Å². The summed E-state index contributed by atoms with van der Waals surface area (Å²) in [6.45, 7) is 1.85. The molecule has 2 heterocycles. The van der Waals surface area contributed by atoms with E-state index in [1.54, 1.807) is 12.4 Å². The van der Waals surface area contributed by atoms with E-state index in [1.807, 2.05) is 55.6 Å². The smallest absolute Gasteiger partial charge is 0.254 e. The van der Waals surface area contributed by atoms with E-state index < -0.39 is 5.92 Å². The number of nitriles is 1. The van der Waals surface area contributed by atoms with E-state index in [9.17, 15) is 10.1 Å². The van der Waals surface area contributed by atoms with Gasteiger partial charge in [0.2, 0.25) is 0 Å². The molecule has 0 saturated carbocycles. The quantitative estimate of drug-likeness (QED) is 0.865. The molecular formula is C20H18N4OS. The van der Waals surface area contributed by atoms with Crippen molar-refractivity contribution < 1.29 is 4.79 Å². The molecule has 1 atom stereocenters. The largest absolute Gasteiger partial charge is 0.353 e. The molecule has 3 rings (SSSR count). The second-order valence-electron chi connectivity index (χ2n) is 5.76. The summed E-state index contributed by atoms with van der Waals surface area (Å²) in [7, 11) is 0. The number of carbonyl (C=O) groups excluding carboxylic acids is 1. The molecule has 0 bridgehead atoms. The number of carbonyl (C=O) groups is 1. The topological polar surface area (TPSA) is 77.8 Å². The second-order valence-corrected chi connectivity index (χ2v) is 6.58. The van der Waals surface area contributed by atoms with Crippen molar-refractivity contribution in [3.63, 3.8) is 0 Å². The molecule has 6 heteroatoms. The van der Waals surface area contributed by atoms with Crippen molar-refractivity contribution in [2.75, 3.05) is 11.6 Å². The lowest BCUT2D eigenvalue weighted by atomic mass is 9.83. The third-order valence-electron chi connectivity index (χ3n) is 4.15. The minimum absolute atomic E-state index is 0.233. The Hall–Kier alpha value is -3.04. The summed E-state index contributed by atoms with van der Waals surface area (Å²) in [4.78, 5) is 17.2. The van der Waals surface area contributed by atoms with Gasteiger partial charge in [0.1, 0.15) is 0 Å². The number of nitrogens with zero attached hydrogens (tertiary/aromatic N) is 2. The van der Waals surface area contributed by atoms with Crippen LogP contribution in [0.25, 0.3) is 0 Å². The van der Waals surface area contributed by atoms with E-state index in [2.05, 4.69) is 21.7 Å². The molecule has 1 aliphatic rings. The van der Waals surface area contributed by atoms with Gasteiger partial charge in [0.25, 0.3) is 5.91 Å². The third kappa shape index (κ3) is 3.48. The lowest BCUT2D eigenvalue weighted by Crippen LogP contribution is -2.30. The predicted octanol–water partition coefficient (Wildman–Crippen LogP) is 3.78. The van der Waals surface area contributed by atoms with Gasteiger partial charge in [-0.05, 0) is 36.9 Å². The van der Waals surface area contributed by atoms with Crippen LogP contribution in [-0.2, 0) is 4.79 Å². The number of nitrogens with one attached hydrogen (secondary N) is 2. The Morgan fingerprint density at radius 2 is 2.04 bits per heavy atom. The number of para-hydroxylation sites is 1. The zero-order valence-corrected chi connectivity index (χ0v) is 15.3. The molecule has 2 aromatic rings. The molecule has 1 amide bonds. The van der Waals surface area contributed by atoms with Gasteiger partial charge in [0.15, 0.2) is 0 Å². The minimum atomic E-state index is -0.457. The lowest BCUT2D eigenvalue weighted by Gasteiger charge is -2.29. The van der Waals surface area contributed by atoms with Crippen molar-refractivity contribution in [3.8, 4) is 6.07 Å². The number of hydrogen-bond donors (Lipinski definition) is 2. The molecule has 1 aliphatic heterocycles. The summed E-state index contributed by atoms with van der Waals surface area (Å²) in [5.74, 6) is -0.691. The molecule has 1 aromatic heterocycles. The summed E-state index contributed by atoms with van der Waals surface area (Å²) in [5, 5.41) is 16.6. The molecule has 2 N–H and O–H groups in total. The van der Waals surface area contributed by atoms with Gasteiger partial charge in [-0.2, -0.15) is 5.26 Å². The predicted molar refractivity (Wildman–Crippen MR) is 104 cm³/mol. The van der Waals surface area contributed by atoms with E-state index in [-0.39, 0.29) is 5.91 Å². The van der Waals surface area contributed by atoms with Crippen LogP contribution in [-0.4, -0.2) is 17.1 Å². The first-order valence-electron chi connectivity index (χ1n) is 8.08. The number of aromatic nitrogens is 1. The Labute approximate surface area is 156 Å². The molecule has 0 aliphatic carbocycles. The summed E-state index contributed by atoms with van der Waals surface area (Å²) in [6.07, 6.45) is 5.28. The average molecular weight is 362 g/mol. The number of rotatable bonds is 4. The average Bonchev–Trinajstić information content (AvgIpc) is 2.68. The highest BCUT2D eigenvalue weighted by Gasteiger charge is 2.34. The number of hydrogen-bond acceptors (Lipinski definition) is 5. The maximum Gasteiger partial charge on any atom is 0.254 e. The fourth-order valence-corrected chi connectivity index (χ4v) is 3.61. The number of thioether (sulfide) groups is 1. The first-order chi connectivity index (χ1) is 12.7. The molecule has 5 nitrogen and oxygen atoms in total. The maximum absolute atomic E-state index is 13.0. The Bertz CT molecular complexity index is 914. The molecular weight excluding hydrogens is 344 g/mol. The number of dihydropyridines is 1. The Morgan fingerprint density at radius 3 is 2.65 bits per heavy atom. The van der Waals surface area contributed by atoms with E-state index in [0.717, 1.165) is 16.3 Å². The fourth-order valence-electron chi connectivity index (χ4n) is 2.97. The van der Waals surface area contributed by atoms with Crippen molar-refractivity contribution in [2.24, 2.45) is 0 Å². The van der Waals surface area contributed by atoms with Crippen LogP contribution in [0.3, 0.4) is 0 Å². The maximum atomic E-state index is 13.0. The second kappa shape index (κ2) is 7.89. The van der Waals surface area contributed by atoms with Crippen LogP contribution in [0.2, 0.25) is 0 Å². The van der Waals surface area contributed by atoms with Crippen LogP contribution in [0.5, 0.6) is 0 Å². The zero-order chi connectivity index (χ0) is 18.5. The molecule has 0 saturated heterocycles. The number of pyridine rings is 1. The van der Waals surface area contributed by atoms with Crippen molar-refractivity contribution in [1.82, 2.24) is 10.3 Å². The summed E-state index contributed by atoms with van der Waals surface area (Å²) >= 11 is 1.46. The molecule has 0 fully saturated rings. The highest BCUT2D eigenvalue weighted by molar-refractivity contribution is 8.02. The molecule has 1 unspecified atom stereocenters. The van der Waals surface area contributed by atoms with E-state index >= 15 is 0 Å². The number of benzene rings is 1. The lowest BCUT2D eigenvalue weighted by molar-refractivity contribution is -0.113. The molecule has 130 valence electrons. The van der Waals surface area contributed by atoms with Crippen LogP contribution in [0, 0.1) is 11.3 Å². The Kier molecular flexibility index (Phi) is 5.40. The number of anilines is 1. The first kappa shape index (κ1) is 17.8. The van der Waals surface area contributed by atoms with E-state index in [1.165, 1.54) is 11.8 Å².